The standard InChI is InChI=1S/C20H20Cl2N4O2/c1-24-7-8-25-18-13(5-6-14(21)17(18)22)16(19(25)20(24)27)12-10-23-26(11-12)15-4-2-3-9-28-15/h5-6,10-11,15H,2-4,7-9H2,1H3. The highest BCUT2D eigenvalue weighted by Gasteiger charge is 2.31. The molecule has 8 heteroatoms. The lowest BCUT2D eigenvalue weighted by Gasteiger charge is -2.26. The highest BCUT2D eigenvalue weighted by Crippen LogP contribution is 2.42. The normalized spacial score (nSPS) is 20.0. The molecule has 1 atom stereocenters. The Morgan fingerprint density at radius 2 is 2.07 bits per heavy atom. The van der Waals surface area contributed by atoms with Gasteiger partial charge in [0, 0.05) is 49.5 Å². The highest BCUT2D eigenvalue weighted by atomic mass is 35.5. The van der Waals surface area contributed by atoms with Crippen LogP contribution in [-0.2, 0) is 11.3 Å². The molecule has 2 aliphatic heterocycles. The third kappa shape index (κ3) is 2.66. The maximum absolute atomic E-state index is 13.1. The second-order valence-corrected chi connectivity index (χ2v) is 8.17. The molecule has 0 bridgehead atoms. The van der Waals surface area contributed by atoms with Crippen LogP contribution in [0.15, 0.2) is 24.5 Å². The molecule has 1 unspecified atom stereocenters. The first-order valence-corrected chi connectivity index (χ1v) is 10.2. The van der Waals surface area contributed by atoms with E-state index in [9.17, 15) is 4.79 Å². The van der Waals surface area contributed by atoms with E-state index in [-0.39, 0.29) is 12.1 Å². The Labute approximate surface area is 172 Å². The molecule has 0 aliphatic carbocycles. The molecule has 2 aliphatic rings. The summed E-state index contributed by atoms with van der Waals surface area (Å²) in [5, 5.41) is 6.41. The smallest absolute Gasteiger partial charge is 0.270 e. The fourth-order valence-corrected chi connectivity index (χ4v) is 4.63. The second kappa shape index (κ2) is 6.79. The van der Waals surface area contributed by atoms with Gasteiger partial charge in [-0.05, 0) is 25.3 Å². The van der Waals surface area contributed by atoms with Gasteiger partial charge in [0.2, 0.25) is 0 Å². The zero-order valence-corrected chi connectivity index (χ0v) is 17.0. The Bertz CT molecular complexity index is 1080. The summed E-state index contributed by atoms with van der Waals surface area (Å²) in [6, 6.07) is 3.72. The predicted octanol–water partition coefficient (Wildman–Crippen LogP) is 4.60. The van der Waals surface area contributed by atoms with Gasteiger partial charge in [0.15, 0.2) is 0 Å². The summed E-state index contributed by atoms with van der Waals surface area (Å²) in [6.07, 6.45) is 6.88. The number of nitrogens with zero attached hydrogens (tertiary/aromatic N) is 4. The van der Waals surface area contributed by atoms with E-state index in [1.54, 1.807) is 17.2 Å². The van der Waals surface area contributed by atoms with Crippen molar-refractivity contribution in [3.63, 3.8) is 0 Å². The van der Waals surface area contributed by atoms with Gasteiger partial charge in [-0.25, -0.2) is 4.68 Å². The molecule has 4 heterocycles. The van der Waals surface area contributed by atoms with Crippen molar-refractivity contribution < 1.29 is 9.53 Å². The molecule has 0 saturated carbocycles. The lowest BCUT2D eigenvalue weighted by molar-refractivity contribution is -0.0394. The average Bonchev–Trinajstić information content (AvgIpc) is 3.31. The van der Waals surface area contributed by atoms with Crippen LogP contribution < -0.4 is 0 Å². The summed E-state index contributed by atoms with van der Waals surface area (Å²) in [5.74, 6) is -0.0219. The number of likely N-dealkylation sites (N-methyl/N-ethyl adjacent to an activating group) is 1. The Morgan fingerprint density at radius 3 is 2.86 bits per heavy atom. The zero-order valence-electron chi connectivity index (χ0n) is 15.5. The SMILES string of the molecule is CN1CCn2c(c(-c3cnn(C4CCCCO4)c3)c3ccc(Cl)c(Cl)c32)C1=O. The molecule has 0 spiro atoms. The molecular weight excluding hydrogens is 399 g/mol. The number of amides is 1. The van der Waals surface area contributed by atoms with Gasteiger partial charge in [0.05, 0.1) is 21.8 Å². The van der Waals surface area contributed by atoms with Crippen molar-refractivity contribution in [1.82, 2.24) is 19.2 Å². The number of halogens is 2. The fraction of sp³-hybridized carbons (Fsp3) is 0.400. The topological polar surface area (TPSA) is 52.3 Å². The average molecular weight is 419 g/mol. The van der Waals surface area contributed by atoms with Gasteiger partial charge in [0.1, 0.15) is 11.9 Å². The van der Waals surface area contributed by atoms with Crippen molar-refractivity contribution in [2.75, 3.05) is 20.2 Å². The predicted molar refractivity (Wildman–Crippen MR) is 109 cm³/mol. The van der Waals surface area contributed by atoms with Crippen LogP contribution in [0.5, 0.6) is 0 Å². The van der Waals surface area contributed by atoms with Crippen LogP contribution in [0.1, 0.15) is 36.0 Å². The lowest BCUT2D eigenvalue weighted by Crippen LogP contribution is -2.37. The largest absolute Gasteiger partial charge is 0.357 e. The van der Waals surface area contributed by atoms with E-state index in [4.69, 9.17) is 27.9 Å². The van der Waals surface area contributed by atoms with E-state index in [1.807, 2.05) is 28.6 Å². The van der Waals surface area contributed by atoms with Gasteiger partial charge in [-0.1, -0.05) is 29.3 Å². The summed E-state index contributed by atoms with van der Waals surface area (Å²) in [7, 11) is 1.82. The molecule has 5 rings (SSSR count). The van der Waals surface area contributed by atoms with Crippen LogP contribution in [0, 0.1) is 0 Å². The number of ether oxygens (including phenoxy) is 1. The minimum atomic E-state index is -0.0522. The number of fused-ring (bicyclic) bond motifs is 3. The number of hydrogen-bond acceptors (Lipinski definition) is 3. The summed E-state index contributed by atoms with van der Waals surface area (Å²) in [4.78, 5) is 14.8. The lowest BCUT2D eigenvalue weighted by atomic mass is 10.0. The number of hydrogen-bond donors (Lipinski definition) is 0. The third-order valence-corrected chi connectivity index (χ3v) is 6.46. The van der Waals surface area contributed by atoms with Crippen LogP contribution >= 0.6 is 23.2 Å². The number of benzene rings is 1. The Hall–Kier alpha value is -2.02. The van der Waals surface area contributed by atoms with Crippen LogP contribution in [-0.4, -0.2) is 45.4 Å². The molecule has 0 radical (unpaired) electrons. The third-order valence-electron chi connectivity index (χ3n) is 5.66. The highest BCUT2D eigenvalue weighted by molar-refractivity contribution is 6.45. The minimum absolute atomic E-state index is 0.0219. The number of rotatable bonds is 2. The van der Waals surface area contributed by atoms with Gasteiger partial charge < -0.3 is 14.2 Å². The molecule has 28 heavy (non-hydrogen) atoms. The Morgan fingerprint density at radius 1 is 1.21 bits per heavy atom. The first-order valence-electron chi connectivity index (χ1n) is 9.48. The fourth-order valence-electron chi connectivity index (χ4n) is 4.21. The van der Waals surface area contributed by atoms with E-state index >= 15 is 0 Å². The second-order valence-electron chi connectivity index (χ2n) is 7.39. The van der Waals surface area contributed by atoms with Gasteiger partial charge >= 0.3 is 0 Å². The van der Waals surface area contributed by atoms with Crippen LogP contribution in [0.3, 0.4) is 0 Å². The van der Waals surface area contributed by atoms with Gasteiger partial charge in [-0.2, -0.15) is 5.10 Å². The van der Waals surface area contributed by atoms with Crippen LogP contribution in [0.25, 0.3) is 22.0 Å². The molecule has 146 valence electrons. The number of aromatic nitrogens is 3. The van der Waals surface area contributed by atoms with Crippen LogP contribution in [0.4, 0.5) is 0 Å². The molecule has 0 N–H and O–H groups in total. The summed E-state index contributed by atoms with van der Waals surface area (Å²) in [5.41, 5.74) is 3.18. The first-order chi connectivity index (χ1) is 13.6. The summed E-state index contributed by atoms with van der Waals surface area (Å²) in [6.45, 7) is 2.06. The van der Waals surface area contributed by atoms with E-state index in [1.165, 1.54) is 0 Å². The molecule has 3 aromatic rings. The minimum Gasteiger partial charge on any atom is -0.357 e. The van der Waals surface area contributed by atoms with Gasteiger partial charge in [0.25, 0.3) is 5.91 Å². The number of carbonyl (C=O) groups excluding carboxylic acids is 1. The van der Waals surface area contributed by atoms with E-state index in [0.29, 0.717) is 28.8 Å². The molecule has 1 aromatic carbocycles. The summed E-state index contributed by atoms with van der Waals surface area (Å²) >= 11 is 12.8. The quantitative estimate of drug-likeness (QED) is 0.610. The van der Waals surface area contributed by atoms with Gasteiger partial charge in [-0.3, -0.25) is 4.79 Å². The Balaban J connectivity index is 1.72. The van der Waals surface area contributed by atoms with Crippen molar-refractivity contribution in [2.45, 2.75) is 32.0 Å². The zero-order chi connectivity index (χ0) is 19.4. The van der Waals surface area contributed by atoms with Crippen molar-refractivity contribution >= 4 is 40.0 Å². The van der Waals surface area contributed by atoms with E-state index in [2.05, 4.69) is 5.10 Å². The van der Waals surface area contributed by atoms with Crippen molar-refractivity contribution in [2.24, 2.45) is 0 Å². The van der Waals surface area contributed by atoms with E-state index < -0.39 is 0 Å². The summed E-state index contributed by atoms with van der Waals surface area (Å²) < 4.78 is 9.71. The van der Waals surface area contributed by atoms with Crippen molar-refractivity contribution in [3.8, 4) is 11.1 Å². The van der Waals surface area contributed by atoms with Crippen molar-refractivity contribution in [1.29, 1.82) is 0 Å². The molecule has 1 saturated heterocycles. The van der Waals surface area contributed by atoms with E-state index in [0.717, 1.165) is 47.9 Å². The number of carbonyl (C=O) groups is 1. The Kier molecular flexibility index (Phi) is 4.38. The maximum Gasteiger partial charge on any atom is 0.270 e. The van der Waals surface area contributed by atoms with Gasteiger partial charge in [-0.15, -0.1) is 0 Å². The maximum atomic E-state index is 13.1. The van der Waals surface area contributed by atoms with Crippen LogP contribution in [0.2, 0.25) is 10.0 Å². The monoisotopic (exact) mass is 418 g/mol. The molecule has 1 amide bonds. The molecule has 1 fully saturated rings. The van der Waals surface area contributed by atoms with Crippen molar-refractivity contribution in [3.05, 3.63) is 40.3 Å². The molecule has 2 aromatic heterocycles. The molecular formula is C20H20Cl2N4O2. The first kappa shape index (κ1) is 18.0. The molecule has 6 nitrogen and oxygen atoms in total.